The van der Waals surface area contributed by atoms with Crippen molar-refractivity contribution in [3.63, 3.8) is 0 Å². The molecule has 0 saturated heterocycles. The summed E-state index contributed by atoms with van der Waals surface area (Å²) in [6, 6.07) is 12.5. The van der Waals surface area contributed by atoms with E-state index in [0.29, 0.717) is 23.5 Å². The van der Waals surface area contributed by atoms with Crippen molar-refractivity contribution in [1.82, 2.24) is 0 Å². The molecule has 0 bridgehead atoms. The van der Waals surface area contributed by atoms with Crippen LogP contribution in [0.25, 0.3) is 0 Å². The van der Waals surface area contributed by atoms with E-state index in [1.54, 1.807) is 30.3 Å². The van der Waals surface area contributed by atoms with E-state index < -0.39 is 11.4 Å². The monoisotopic (exact) mass is 494 g/mol. The van der Waals surface area contributed by atoms with Crippen LogP contribution in [0.2, 0.25) is 0 Å². The Morgan fingerprint density at radius 2 is 1.25 bits per heavy atom. The van der Waals surface area contributed by atoms with Gasteiger partial charge in [-0.25, -0.2) is 4.79 Å². The number of esters is 2. The Morgan fingerprint density at radius 3 is 1.89 bits per heavy atom. The lowest BCUT2D eigenvalue weighted by molar-refractivity contribution is -0.134. The van der Waals surface area contributed by atoms with Gasteiger partial charge in [-0.2, -0.15) is 10.2 Å². The predicted molar refractivity (Wildman–Crippen MR) is 141 cm³/mol. The Hall–Kier alpha value is -3.35. The molecular formula is C29H38N2O5. The molecule has 7 heteroatoms. The number of rotatable bonds is 16. The zero-order valence-corrected chi connectivity index (χ0v) is 21.5. The van der Waals surface area contributed by atoms with E-state index in [-0.39, 0.29) is 18.1 Å². The molecule has 2 aromatic carbocycles. The molecule has 0 aromatic heterocycles. The molecule has 0 atom stereocenters. The summed E-state index contributed by atoms with van der Waals surface area (Å²) in [6.45, 7) is 4.73. The summed E-state index contributed by atoms with van der Waals surface area (Å²) in [5, 5.41) is 8.30. The maximum Gasteiger partial charge on any atom is 0.338 e. The molecule has 36 heavy (non-hydrogen) atoms. The molecule has 0 fully saturated rings. The van der Waals surface area contributed by atoms with Gasteiger partial charge in [0.1, 0.15) is 0 Å². The minimum atomic E-state index is -0.409. The number of hydrogen-bond acceptors (Lipinski definition) is 7. The topological polar surface area (TPSA) is 94.4 Å². The Bertz CT molecular complexity index is 1030. The zero-order valence-electron chi connectivity index (χ0n) is 21.5. The van der Waals surface area contributed by atoms with E-state index in [4.69, 9.17) is 9.47 Å². The largest absolute Gasteiger partial charge is 0.462 e. The van der Waals surface area contributed by atoms with Crippen LogP contribution in [0.4, 0.5) is 11.4 Å². The molecule has 0 saturated carbocycles. The molecule has 0 radical (unpaired) electrons. The summed E-state index contributed by atoms with van der Waals surface area (Å²) in [5.41, 5.74) is 1.04. The minimum Gasteiger partial charge on any atom is -0.462 e. The van der Waals surface area contributed by atoms with Crippen molar-refractivity contribution >= 4 is 23.3 Å². The van der Waals surface area contributed by atoms with E-state index >= 15 is 0 Å². The van der Waals surface area contributed by atoms with Crippen molar-refractivity contribution in [2.45, 2.75) is 84.5 Å². The third kappa shape index (κ3) is 11.4. The standard InChI is InChI=1S/C29H38N2O5/c1-3-5-7-9-11-13-28(33)36-27-21-19-25(18-20-26(27)32)31-30-24-16-14-23(15-17-24)29(34)35-22-12-10-8-6-4-2/h14-21H,3-13,22H2,1-2H3. The Morgan fingerprint density at radius 1 is 0.694 bits per heavy atom. The highest BCUT2D eigenvalue weighted by Crippen LogP contribution is 2.19. The van der Waals surface area contributed by atoms with Crippen molar-refractivity contribution in [2.24, 2.45) is 10.2 Å². The van der Waals surface area contributed by atoms with Crippen LogP contribution < -0.4 is 10.2 Å². The van der Waals surface area contributed by atoms with Gasteiger partial charge in [-0.15, -0.1) is 0 Å². The predicted octanol–water partition coefficient (Wildman–Crippen LogP) is 7.86. The SMILES string of the molecule is CCCCCCCOC(=O)c1ccc(N=Nc2ccc(OC(=O)CCCCCCC)c(=O)cc2)cc1. The number of benzene rings is 1. The summed E-state index contributed by atoms with van der Waals surface area (Å²) in [6.07, 6.45) is 10.9. The second-order valence-electron chi connectivity index (χ2n) is 8.76. The molecule has 0 amide bonds. The average Bonchev–Trinajstić information content (AvgIpc) is 3.06. The van der Waals surface area contributed by atoms with Crippen LogP contribution in [0, 0.1) is 0 Å². The summed E-state index contributed by atoms with van der Waals surface area (Å²) >= 11 is 0. The lowest BCUT2D eigenvalue weighted by Crippen LogP contribution is -2.12. The number of ether oxygens (including phenoxy) is 2. The van der Waals surface area contributed by atoms with Crippen LogP contribution in [0.3, 0.4) is 0 Å². The van der Waals surface area contributed by atoms with Gasteiger partial charge in [0, 0.05) is 6.42 Å². The number of carbonyl (C=O) groups is 2. The molecule has 0 heterocycles. The molecule has 0 unspecified atom stereocenters. The van der Waals surface area contributed by atoms with Gasteiger partial charge in [0.05, 0.1) is 23.5 Å². The third-order valence-corrected chi connectivity index (χ3v) is 5.63. The van der Waals surface area contributed by atoms with Gasteiger partial charge in [-0.3, -0.25) is 9.59 Å². The van der Waals surface area contributed by atoms with E-state index in [9.17, 15) is 14.4 Å². The van der Waals surface area contributed by atoms with Crippen LogP contribution in [0.1, 0.15) is 94.8 Å². The first-order valence-corrected chi connectivity index (χ1v) is 13.1. The first-order valence-electron chi connectivity index (χ1n) is 13.1. The van der Waals surface area contributed by atoms with Crippen molar-refractivity contribution in [3.05, 3.63) is 64.3 Å². The van der Waals surface area contributed by atoms with Gasteiger partial charge >= 0.3 is 11.9 Å². The summed E-state index contributed by atoms with van der Waals surface area (Å²) in [7, 11) is 0. The van der Waals surface area contributed by atoms with Gasteiger partial charge < -0.3 is 9.47 Å². The minimum absolute atomic E-state index is 0.0248. The lowest BCUT2D eigenvalue weighted by Gasteiger charge is -2.05. The molecule has 0 spiro atoms. The molecule has 2 aromatic rings. The number of hydrogen-bond donors (Lipinski definition) is 0. The average molecular weight is 495 g/mol. The van der Waals surface area contributed by atoms with Crippen LogP contribution in [0.15, 0.2) is 63.6 Å². The Labute approximate surface area is 213 Å². The first-order chi connectivity index (χ1) is 17.5. The molecule has 7 nitrogen and oxygen atoms in total. The van der Waals surface area contributed by atoms with Crippen LogP contribution in [-0.2, 0) is 9.53 Å². The van der Waals surface area contributed by atoms with Gasteiger partial charge in [0.15, 0.2) is 5.75 Å². The van der Waals surface area contributed by atoms with Crippen LogP contribution in [0.5, 0.6) is 5.75 Å². The molecule has 194 valence electrons. The smallest absolute Gasteiger partial charge is 0.338 e. The van der Waals surface area contributed by atoms with Gasteiger partial charge in [0.2, 0.25) is 5.43 Å². The first kappa shape index (κ1) is 28.9. The molecule has 0 N–H and O–H groups in total. The second kappa shape index (κ2) is 17.1. The van der Waals surface area contributed by atoms with E-state index in [1.165, 1.54) is 31.0 Å². The summed E-state index contributed by atoms with van der Waals surface area (Å²) in [4.78, 5) is 36.4. The number of carbonyl (C=O) groups excluding carboxylic acids is 2. The van der Waals surface area contributed by atoms with Gasteiger partial charge in [-0.1, -0.05) is 65.2 Å². The molecule has 0 aliphatic rings. The van der Waals surface area contributed by atoms with Crippen molar-refractivity contribution in [1.29, 1.82) is 0 Å². The van der Waals surface area contributed by atoms with Crippen LogP contribution >= 0.6 is 0 Å². The highest BCUT2D eigenvalue weighted by atomic mass is 16.5. The zero-order chi connectivity index (χ0) is 26.0. The highest BCUT2D eigenvalue weighted by Gasteiger charge is 2.08. The van der Waals surface area contributed by atoms with Crippen molar-refractivity contribution < 1.29 is 19.1 Å². The Kier molecular flexibility index (Phi) is 13.8. The molecule has 2 rings (SSSR count). The number of nitrogens with zero attached hydrogens (tertiary/aromatic N) is 2. The van der Waals surface area contributed by atoms with E-state index in [2.05, 4.69) is 24.1 Å². The fourth-order valence-electron chi connectivity index (χ4n) is 3.47. The quantitative estimate of drug-likeness (QED) is 0.134. The van der Waals surface area contributed by atoms with E-state index in [0.717, 1.165) is 51.4 Å². The number of unbranched alkanes of at least 4 members (excludes halogenated alkanes) is 8. The maximum absolute atomic E-state index is 12.2. The van der Waals surface area contributed by atoms with Crippen LogP contribution in [-0.4, -0.2) is 18.5 Å². The highest BCUT2D eigenvalue weighted by molar-refractivity contribution is 5.89. The second-order valence-corrected chi connectivity index (χ2v) is 8.76. The van der Waals surface area contributed by atoms with E-state index in [1.807, 2.05) is 0 Å². The molecule has 0 aliphatic carbocycles. The fourth-order valence-corrected chi connectivity index (χ4v) is 3.47. The van der Waals surface area contributed by atoms with Crippen molar-refractivity contribution in [2.75, 3.05) is 6.61 Å². The van der Waals surface area contributed by atoms with Crippen molar-refractivity contribution in [3.8, 4) is 5.75 Å². The normalized spacial score (nSPS) is 10.9. The van der Waals surface area contributed by atoms with Gasteiger partial charge in [0.25, 0.3) is 0 Å². The number of azo groups is 1. The lowest BCUT2D eigenvalue weighted by atomic mass is 10.1. The molecular weight excluding hydrogens is 456 g/mol. The summed E-state index contributed by atoms with van der Waals surface area (Å²) in [5.74, 6) is -0.786. The van der Waals surface area contributed by atoms with Gasteiger partial charge in [-0.05, 0) is 61.4 Å². The maximum atomic E-state index is 12.2. The summed E-state index contributed by atoms with van der Waals surface area (Å²) < 4.78 is 10.6. The fraction of sp³-hybridized carbons (Fsp3) is 0.483. The molecule has 0 aliphatic heterocycles. The Balaban J connectivity index is 1.87. The third-order valence-electron chi connectivity index (χ3n) is 5.63.